The zero-order valence-corrected chi connectivity index (χ0v) is 7.47. The van der Waals surface area contributed by atoms with E-state index >= 15 is 0 Å². The van der Waals surface area contributed by atoms with E-state index in [4.69, 9.17) is 5.73 Å². The van der Waals surface area contributed by atoms with Gasteiger partial charge in [0.05, 0.1) is 0 Å². The van der Waals surface area contributed by atoms with Crippen LogP contribution >= 0.6 is 0 Å². The minimum absolute atomic E-state index is 0.196. The molecule has 0 heterocycles. The first-order chi connectivity index (χ1) is 6.86. The summed E-state index contributed by atoms with van der Waals surface area (Å²) in [6, 6.07) is 0. The van der Waals surface area contributed by atoms with E-state index in [0.29, 0.717) is 0 Å². The van der Waals surface area contributed by atoms with Crippen LogP contribution in [0.4, 0.5) is 27.6 Å². The van der Waals surface area contributed by atoms with Crippen LogP contribution in [-0.4, -0.2) is 5.84 Å². The van der Waals surface area contributed by atoms with Gasteiger partial charge in [0.1, 0.15) is 0 Å². The molecule has 0 spiro atoms. The minimum Gasteiger partial charge on any atom is -0.291 e. The molecule has 0 aliphatic carbocycles. The van der Waals surface area contributed by atoms with Gasteiger partial charge in [-0.15, -0.1) is 0 Å². The molecule has 0 atom stereocenters. The first-order valence-corrected chi connectivity index (χ1v) is 3.73. The average Bonchev–Trinajstić information content (AvgIpc) is 2.18. The van der Waals surface area contributed by atoms with Gasteiger partial charge in [-0.3, -0.25) is 5.73 Å². The molecule has 0 aromatic heterocycles. The Hall–Kier alpha value is -1.66. The molecule has 0 radical (unpaired) electrons. The summed E-state index contributed by atoms with van der Waals surface area (Å²) in [4.78, 5) is 1.85. The van der Waals surface area contributed by atoms with Crippen LogP contribution in [-0.2, 0) is 0 Å². The lowest BCUT2D eigenvalue weighted by Gasteiger charge is -2.01. The fraction of sp³-hybridized carbons (Fsp3) is 0.125. The van der Waals surface area contributed by atoms with E-state index in [9.17, 15) is 22.0 Å². The topological polar surface area (TPSA) is 40.0 Å². The molecular formula is C8H6F5N2+. The summed E-state index contributed by atoms with van der Waals surface area (Å²) in [6.45, 7) is 1.21. The van der Waals surface area contributed by atoms with Crippen LogP contribution in [0.5, 0.6) is 0 Å². The Balaban J connectivity index is 3.60. The number of nitrogens with two attached hydrogens (primary N) is 1. The third-order valence-electron chi connectivity index (χ3n) is 1.53. The second kappa shape index (κ2) is 3.84. The van der Waals surface area contributed by atoms with E-state index in [2.05, 4.69) is 0 Å². The third kappa shape index (κ3) is 1.90. The largest absolute Gasteiger partial charge is 0.291 e. The molecule has 0 amide bonds. The molecule has 1 aromatic rings. The van der Waals surface area contributed by atoms with Crippen molar-refractivity contribution in [2.24, 2.45) is 5.73 Å². The van der Waals surface area contributed by atoms with E-state index in [-0.39, 0.29) is 5.84 Å². The molecule has 0 aliphatic rings. The van der Waals surface area contributed by atoms with Crippen molar-refractivity contribution in [1.82, 2.24) is 0 Å². The first kappa shape index (κ1) is 11.4. The van der Waals surface area contributed by atoms with Crippen LogP contribution in [0.3, 0.4) is 0 Å². The van der Waals surface area contributed by atoms with Gasteiger partial charge in [0.2, 0.25) is 40.6 Å². The highest BCUT2D eigenvalue weighted by Gasteiger charge is 2.27. The molecule has 0 saturated carbocycles. The molecular weight excluding hydrogens is 219 g/mol. The molecule has 82 valence electrons. The molecule has 0 bridgehead atoms. The fourth-order valence-electron chi connectivity index (χ4n) is 0.912. The summed E-state index contributed by atoms with van der Waals surface area (Å²) in [7, 11) is 0. The number of hydrogen-bond acceptors (Lipinski definition) is 0. The second-order valence-corrected chi connectivity index (χ2v) is 2.75. The predicted octanol–water partition coefficient (Wildman–Crippen LogP) is 0.471. The molecule has 0 unspecified atom stereocenters. The maximum atomic E-state index is 12.9. The standard InChI is InChI=1S/C8H5F5N2/c1-2(14)15-8-6(12)4(10)3(9)5(11)7(8)13/h1H3,(H2,14,15)/p+1. The van der Waals surface area contributed by atoms with Crippen molar-refractivity contribution < 1.29 is 26.9 Å². The van der Waals surface area contributed by atoms with Gasteiger partial charge >= 0.3 is 0 Å². The number of benzene rings is 1. The minimum atomic E-state index is -2.20. The van der Waals surface area contributed by atoms with Gasteiger partial charge in [0, 0.05) is 6.92 Å². The Labute approximate surface area is 81.2 Å². The molecule has 7 heteroatoms. The highest BCUT2D eigenvalue weighted by Crippen LogP contribution is 2.23. The lowest BCUT2D eigenvalue weighted by atomic mass is 10.2. The maximum absolute atomic E-state index is 12.9. The Morgan fingerprint density at radius 1 is 0.867 bits per heavy atom. The zero-order valence-electron chi connectivity index (χ0n) is 7.47. The normalized spacial score (nSPS) is 12.0. The smallest absolute Gasteiger partial charge is 0.242 e. The van der Waals surface area contributed by atoms with Gasteiger partial charge in [0.15, 0.2) is 0 Å². The van der Waals surface area contributed by atoms with E-state index in [0.717, 1.165) is 0 Å². The van der Waals surface area contributed by atoms with Crippen LogP contribution in [0, 0.1) is 29.1 Å². The zero-order chi connectivity index (χ0) is 11.7. The number of nitrogens with one attached hydrogen (secondary N) is 1. The van der Waals surface area contributed by atoms with Gasteiger partial charge in [0.25, 0.3) is 0 Å². The molecule has 0 fully saturated rings. The lowest BCUT2D eigenvalue weighted by Crippen LogP contribution is -2.69. The van der Waals surface area contributed by atoms with Crippen molar-refractivity contribution in [2.45, 2.75) is 6.92 Å². The lowest BCUT2D eigenvalue weighted by molar-refractivity contribution is -0.362. The number of amidine groups is 1. The quantitative estimate of drug-likeness (QED) is 0.235. The summed E-state index contributed by atoms with van der Waals surface area (Å²) in [5.41, 5.74) is 3.87. The average molecular weight is 225 g/mol. The SMILES string of the molecule is CC(N)=[NH+]c1c(F)c(F)c(F)c(F)c1F. The van der Waals surface area contributed by atoms with Crippen LogP contribution in [0.1, 0.15) is 6.92 Å². The Morgan fingerprint density at radius 2 is 1.20 bits per heavy atom. The monoisotopic (exact) mass is 225 g/mol. The van der Waals surface area contributed by atoms with Crippen LogP contribution in [0.15, 0.2) is 0 Å². The number of rotatable bonds is 1. The Kier molecular flexibility index (Phi) is 2.92. The van der Waals surface area contributed by atoms with Crippen molar-refractivity contribution in [3.05, 3.63) is 29.1 Å². The first-order valence-electron chi connectivity index (χ1n) is 3.73. The molecule has 0 saturated heterocycles. The van der Waals surface area contributed by atoms with E-state index in [1.165, 1.54) is 6.92 Å². The maximum Gasteiger partial charge on any atom is 0.242 e. The number of hydrogen-bond donors (Lipinski definition) is 2. The Morgan fingerprint density at radius 3 is 1.53 bits per heavy atom. The molecule has 0 aliphatic heterocycles. The summed E-state index contributed by atoms with van der Waals surface area (Å²) >= 11 is 0. The van der Waals surface area contributed by atoms with Gasteiger partial charge in [-0.25, -0.2) is 18.2 Å². The molecule has 15 heavy (non-hydrogen) atoms. The molecule has 1 aromatic carbocycles. The van der Waals surface area contributed by atoms with Gasteiger partial charge < -0.3 is 0 Å². The highest BCUT2D eigenvalue weighted by molar-refractivity contribution is 5.72. The van der Waals surface area contributed by atoms with Gasteiger partial charge in [-0.1, -0.05) is 0 Å². The van der Waals surface area contributed by atoms with Gasteiger partial charge in [-0.2, -0.15) is 8.78 Å². The fourth-order valence-corrected chi connectivity index (χ4v) is 0.912. The third-order valence-corrected chi connectivity index (χ3v) is 1.53. The van der Waals surface area contributed by atoms with Crippen LogP contribution in [0.2, 0.25) is 0 Å². The van der Waals surface area contributed by atoms with Crippen LogP contribution in [0.25, 0.3) is 0 Å². The predicted molar refractivity (Wildman–Crippen MR) is 41.7 cm³/mol. The summed E-state index contributed by atoms with van der Waals surface area (Å²) in [5, 5.41) is 0. The number of halogens is 5. The van der Waals surface area contributed by atoms with Crippen molar-refractivity contribution >= 4 is 11.5 Å². The van der Waals surface area contributed by atoms with Gasteiger partial charge in [-0.05, 0) is 0 Å². The Bertz CT molecular complexity index is 408. The van der Waals surface area contributed by atoms with E-state index < -0.39 is 34.8 Å². The highest BCUT2D eigenvalue weighted by atomic mass is 19.2. The van der Waals surface area contributed by atoms with Crippen LogP contribution < -0.4 is 10.7 Å². The molecule has 2 nitrogen and oxygen atoms in total. The summed E-state index contributed by atoms with van der Waals surface area (Å²) in [5.74, 6) is -10.3. The van der Waals surface area contributed by atoms with Crippen molar-refractivity contribution in [3.8, 4) is 0 Å². The second-order valence-electron chi connectivity index (χ2n) is 2.75. The van der Waals surface area contributed by atoms with E-state index in [1.807, 2.05) is 4.99 Å². The van der Waals surface area contributed by atoms with E-state index in [1.54, 1.807) is 0 Å². The van der Waals surface area contributed by atoms with Crippen molar-refractivity contribution in [3.63, 3.8) is 0 Å². The molecule has 1 rings (SSSR count). The summed E-state index contributed by atoms with van der Waals surface area (Å²) < 4.78 is 63.6. The van der Waals surface area contributed by atoms with Crippen molar-refractivity contribution in [1.29, 1.82) is 0 Å². The molecule has 3 N–H and O–H groups in total. The van der Waals surface area contributed by atoms with Crippen molar-refractivity contribution in [2.75, 3.05) is 0 Å². The summed E-state index contributed by atoms with van der Waals surface area (Å²) in [6.07, 6.45) is 0.